The smallest absolute Gasteiger partial charge is 0.225 e. The normalized spacial score (nSPS) is 11.1. The van der Waals surface area contributed by atoms with E-state index in [9.17, 15) is 4.79 Å². The molecule has 0 unspecified atom stereocenters. The monoisotopic (exact) mass is 376 g/mol. The molecule has 0 saturated carbocycles. The Morgan fingerprint density at radius 2 is 1.93 bits per heavy atom. The number of carbonyl (C=O) groups is 1. The molecule has 0 aromatic carbocycles. The number of aryl methyl sites for hydroxylation is 4. The second-order valence-electron chi connectivity index (χ2n) is 6.68. The van der Waals surface area contributed by atoms with Gasteiger partial charge in [0.05, 0.1) is 5.69 Å². The van der Waals surface area contributed by atoms with E-state index < -0.39 is 0 Å². The highest BCUT2D eigenvalue weighted by Gasteiger charge is 2.12. The topological polar surface area (TPSA) is 103 Å². The highest BCUT2D eigenvalue weighted by atomic mass is 16.1. The average Bonchev–Trinajstić information content (AvgIpc) is 3.21. The Labute approximate surface area is 161 Å². The van der Waals surface area contributed by atoms with Crippen molar-refractivity contribution in [1.29, 1.82) is 0 Å². The summed E-state index contributed by atoms with van der Waals surface area (Å²) in [4.78, 5) is 16.4. The quantitative estimate of drug-likeness (QED) is 0.573. The van der Waals surface area contributed by atoms with Crippen LogP contribution < -0.4 is 5.32 Å². The van der Waals surface area contributed by atoms with E-state index in [4.69, 9.17) is 0 Å². The molecule has 0 fully saturated rings. The molecule has 0 spiro atoms. The maximum Gasteiger partial charge on any atom is 0.225 e. The van der Waals surface area contributed by atoms with Crippen molar-refractivity contribution >= 4 is 17.4 Å². The van der Waals surface area contributed by atoms with Crippen molar-refractivity contribution < 1.29 is 4.79 Å². The van der Waals surface area contributed by atoms with Gasteiger partial charge in [0.1, 0.15) is 5.82 Å². The fraction of sp³-hybridized carbons (Fsp3) is 0.263. The standard InChI is InChI=1S/C19H20N8O/c1-12-8-9-20-15(10-12)21-19(28)7-6-17-23-22-16-4-5-18(25-27(16)17)26-14(3)11-13(2)24-26/h4-5,8-11H,6-7H2,1-3H3,(H,20,21,28). The Morgan fingerprint density at radius 1 is 1.07 bits per heavy atom. The Balaban J connectivity index is 1.51. The molecule has 0 aliphatic heterocycles. The van der Waals surface area contributed by atoms with E-state index in [-0.39, 0.29) is 12.3 Å². The van der Waals surface area contributed by atoms with Gasteiger partial charge in [-0.15, -0.1) is 15.3 Å². The highest BCUT2D eigenvalue weighted by molar-refractivity contribution is 5.89. The van der Waals surface area contributed by atoms with E-state index >= 15 is 0 Å². The molecule has 9 nitrogen and oxygen atoms in total. The summed E-state index contributed by atoms with van der Waals surface area (Å²) >= 11 is 0. The van der Waals surface area contributed by atoms with Crippen LogP contribution >= 0.6 is 0 Å². The first-order valence-corrected chi connectivity index (χ1v) is 8.97. The van der Waals surface area contributed by atoms with E-state index in [1.807, 2.05) is 51.1 Å². The van der Waals surface area contributed by atoms with Crippen LogP contribution in [-0.2, 0) is 11.2 Å². The van der Waals surface area contributed by atoms with Crippen molar-refractivity contribution in [2.24, 2.45) is 0 Å². The number of nitrogens with zero attached hydrogens (tertiary/aromatic N) is 7. The van der Waals surface area contributed by atoms with Gasteiger partial charge in [-0.05, 0) is 56.7 Å². The Bertz CT molecular complexity index is 1160. The van der Waals surface area contributed by atoms with Crippen LogP contribution in [-0.4, -0.2) is 40.5 Å². The lowest BCUT2D eigenvalue weighted by Gasteiger charge is -2.06. The van der Waals surface area contributed by atoms with Crippen LogP contribution in [0.3, 0.4) is 0 Å². The number of pyridine rings is 1. The molecule has 4 rings (SSSR count). The first kappa shape index (κ1) is 17.8. The van der Waals surface area contributed by atoms with E-state index in [2.05, 4.69) is 30.7 Å². The van der Waals surface area contributed by atoms with Crippen molar-refractivity contribution in [3.8, 4) is 5.82 Å². The zero-order chi connectivity index (χ0) is 19.7. The second kappa shape index (κ2) is 7.18. The second-order valence-corrected chi connectivity index (χ2v) is 6.68. The third kappa shape index (κ3) is 3.59. The highest BCUT2D eigenvalue weighted by Crippen LogP contribution is 2.12. The van der Waals surface area contributed by atoms with Gasteiger partial charge < -0.3 is 5.32 Å². The van der Waals surface area contributed by atoms with Crippen LogP contribution in [0.5, 0.6) is 0 Å². The number of amides is 1. The zero-order valence-electron chi connectivity index (χ0n) is 15.9. The molecule has 142 valence electrons. The predicted octanol–water partition coefficient (Wildman–Crippen LogP) is 2.20. The summed E-state index contributed by atoms with van der Waals surface area (Å²) in [6.07, 6.45) is 2.33. The molecule has 28 heavy (non-hydrogen) atoms. The molecule has 1 amide bonds. The van der Waals surface area contributed by atoms with Gasteiger partial charge in [-0.1, -0.05) is 0 Å². The summed E-state index contributed by atoms with van der Waals surface area (Å²) in [5, 5.41) is 20.2. The molecule has 1 N–H and O–H groups in total. The first-order chi connectivity index (χ1) is 13.5. The summed E-state index contributed by atoms with van der Waals surface area (Å²) in [5.41, 5.74) is 3.57. The predicted molar refractivity (Wildman–Crippen MR) is 103 cm³/mol. The van der Waals surface area contributed by atoms with Crippen LogP contribution in [0.25, 0.3) is 11.5 Å². The number of hydrogen-bond acceptors (Lipinski definition) is 6. The van der Waals surface area contributed by atoms with Crippen molar-refractivity contribution in [1.82, 2.24) is 34.6 Å². The fourth-order valence-corrected chi connectivity index (χ4v) is 2.99. The molecule has 9 heteroatoms. The number of fused-ring (bicyclic) bond motifs is 1. The molecule has 0 radical (unpaired) electrons. The minimum Gasteiger partial charge on any atom is -0.311 e. The molecule has 0 atom stereocenters. The lowest BCUT2D eigenvalue weighted by molar-refractivity contribution is -0.116. The van der Waals surface area contributed by atoms with Gasteiger partial charge in [0.25, 0.3) is 0 Å². The molecule has 0 saturated heterocycles. The van der Waals surface area contributed by atoms with Gasteiger partial charge in [0.15, 0.2) is 17.3 Å². The maximum absolute atomic E-state index is 12.2. The minimum absolute atomic E-state index is 0.135. The SMILES string of the molecule is Cc1ccnc(NC(=O)CCc2nnc3ccc(-n4nc(C)cc4C)nn23)c1. The van der Waals surface area contributed by atoms with Crippen molar-refractivity contribution in [3.63, 3.8) is 0 Å². The lowest BCUT2D eigenvalue weighted by Crippen LogP contribution is -2.14. The van der Waals surface area contributed by atoms with E-state index in [0.717, 1.165) is 17.0 Å². The summed E-state index contributed by atoms with van der Waals surface area (Å²) in [6.45, 7) is 5.86. The van der Waals surface area contributed by atoms with Crippen LogP contribution in [0.4, 0.5) is 5.82 Å². The van der Waals surface area contributed by atoms with Crippen molar-refractivity contribution in [2.45, 2.75) is 33.6 Å². The summed E-state index contributed by atoms with van der Waals surface area (Å²) < 4.78 is 3.43. The molecular weight excluding hydrogens is 356 g/mol. The van der Waals surface area contributed by atoms with Gasteiger partial charge in [-0.3, -0.25) is 4.79 Å². The van der Waals surface area contributed by atoms with E-state index in [1.165, 1.54) is 0 Å². The summed E-state index contributed by atoms with van der Waals surface area (Å²) in [7, 11) is 0. The van der Waals surface area contributed by atoms with Crippen LogP contribution in [0.1, 0.15) is 29.2 Å². The zero-order valence-corrected chi connectivity index (χ0v) is 15.9. The molecule has 0 bridgehead atoms. The Hall–Kier alpha value is -3.62. The number of carbonyl (C=O) groups excluding carboxylic acids is 1. The van der Waals surface area contributed by atoms with E-state index in [1.54, 1.807) is 15.4 Å². The van der Waals surface area contributed by atoms with Crippen molar-refractivity contribution in [2.75, 3.05) is 5.32 Å². The maximum atomic E-state index is 12.2. The average molecular weight is 376 g/mol. The summed E-state index contributed by atoms with van der Waals surface area (Å²) in [5.74, 6) is 1.70. The van der Waals surface area contributed by atoms with Crippen LogP contribution in [0.15, 0.2) is 36.5 Å². The van der Waals surface area contributed by atoms with Crippen molar-refractivity contribution in [3.05, 3.63) is 59.3 Å². The van der Waals surface area contributed by atoms with E-state index in [0.29, 0.717) is 29.5 Å². The minimum atomic E-state index is -0.135. The molecular formula is C19H20N8O. The van der Waals surface area contributed by atoms with Gasteiger partial charge in [-0.2, -0.15) is 9.61 Å². The summed E-state index contributed by atoms with van der Waals surface area (Å²) in [6, 6.07) is 9.38. The molecule has 4 aromatic rings. The number of anilines is 1. The van der Waals surface area contributed by atoms with Crippen LogP contribution in [0, 0.1) is 20.8 Å². The third-order valence-electron chi connectivity index (χ3n) is 4.30. The largest absolute Gasteiger partial charge is 0.311 e. The van der Waals surface area contributed by atoms with Gasteiger partial charge >= 0.3 is 0 Å². The van der Waals surface area contributed by atoms with Crippen LogP contribution in [0.2, 0.25) is 0 Å². The van der Waals surface area contributed by atoms with Gasteiger partial charge in [0.2, 0.25) is 5.91 Å². The fourth-order valence-electron chi connectivity index (χ4n) is 2.99. The number of hydrogen-bond donors (Lipinski definition) is 1. The van der Waals surface area contributed by atoms with Gasteiger partial charge in [0, 0.05) is 24.7 Å². The molecule has 4 heterocycles. The number of rotatable bonds is 5. The Morgan fingerprint density at radius 3 is 2.68 bits per heavy atom. The lowest BCUT2D eigenvalue weighted by atomic mass is 10.2. The third-order valence-corrected chi connectivity index (χ3v) is 4.30. The molecule has 0 aliphatic carbocycles. The number of nitrogens with one attached hydrogen (secondary N) is 1. The van der Waals surface area contributed by atoms with Gasteiger partial charge in [-0.25, -0.2) is 9.67 Å². The Kier molecular flexibility index (Phi) is 4.56. The first-order valence-electron chi connectivity index (χ1n) is 8.97. The molecule has 4 aromatic heterocycles. The number of aromatic nitrogens is 7. The molecule has 0 aliphatic rings.